The Morgan fingerprint density at radius 1 is 1.00 bits per heavy atom. The van der Waals surface area contributed by atoms with Crippen molar-refractivity contribution in [2.45, 2.75) is 0 Å². The van der Waals surface area contributed by atoms with Crippen LogP contribution in [-0.2, 0) is 5.48 Å². The van der Waals surface area contributed by atoms with Gasteiger partial charge in [0.25, 0.3) is 0 Å². The maximum Gasteiger partial charge on any atom is 3.00 e. The Labute approximate surface area is 120 Å². The Hall–Kier alpha value is 3.90. The van der Waals surface area contributed by atoms with Crippen LogP contribution in [0.3, 0.4) is 0 Å². The summed E-state index contributed by atoms with van der Waals surface area (Å²) >= 11 is 0. The molecule has 1 nitrogen and oxygen atoms in total. The topological polar surface area (TPSA) is 28.5 Å². The molecule has 0 unspecified atom stereocenters. The van der Waals surface area contributed by atoms with Gasteiger partial charge in [-0.1, -0.05) is 0 Å². The van der Waals surface area contributed by atoms with E-state index < -0.39 is 0 Å². The second-order valence-electron chi connectivity index (χ2n) is 0. The first kappa shape index (κ1) is 24.7. The number of hydrogen-bond donors (Lipinski definition) is 0. The van der Waals surface area contributed by atoms with E-state index >= 15 is 0 Å². The summed E-state index contributed by atoms with van der Waals surface area (Å²) in [5.41, 5.74) is 0. The summed E-state index contributed by atoms with van der Waals surface area (Å²) in [6, 6.07) is 0. The zero-order valence-corrected chi connectivity index (χ0v) is 12.5. The van der Waals surface area contributed by atoms with Gasteiger partial charge in [0, 0.05) is 0 Å². The molecule has 0 rings (SSSR count). The summed E-state index contributed by atoms with van der Waals surface area (Å²) in [6.45, 7) is 0. The molecule has 1 radical (unpaired) electrons. The molecule has 0 saturated carbocycles. The third-order valence-corrected chi connectivity index (χ3v) is 0. The fourth-order valence-electron chi connectivity index (χ4n) is 0. The SMILES string of the molecule is [Ce+3].[La+3].[O-2].[Pr+3]. The van der Waals surface area contributed by atoms with Gasteiger partial charge in [-0.15, -0.1) is 0 Å². The molecule has 0 aliphatic heterocycles. The summed E-state index contributed by atoms with van der Waals surface area (Å²) in [5.74, 6) is 0. The Balaban J connectivity index is 0. The Kier molecular flexibility index (Phi) is 97.7. The van der Waals surface area contributed by atoms with Crippen molar-refractivity contribution < 1.29 is 124 Å². The normalized spacial score (nSPS) is 0. The maximum absolute atomic E-state index is 0. The van der Waals surface area contributed by atoms with E-state index in [0.717, 1.165) is 0 Å². The van der Waals surface area contributed by atoms with Gasteiger partial charge in [-0.2, -0.15) is 0 Å². The van der Waals surface area contributed by atoms with Crippen molar-refractivity contribution in [2.24, 2.45) is 0 Å². The van der Waals surface area contributed by atoms with Gasteiger partial charge in [0.15, 0.2) is 0 Å². The van der Waals surface area contributed by atoms with Crippen molar-refractivity contribution in [3.8, 4) is 0 Å². The quantitative estimate of drug-likeness (QED) is 0.508. The van der Waals surface area contributed by atoms with Gasteiger partial charge in [-0.25, -0.2) is 0 Å². The van der Waals surface area contributed by atoms with Crippen LogP contribution >= 0.6 is 0 Å². The summed E-state index contributed by atoms with van der Waals surface area (Å²) in [5, 5.41) is 0. The summed E-state index contributed by atoms with van der Waals surface area (Å²) in [4.78, 5) is 0. The molecule has 0 heterocycles. The molecule has 0 bridgehead atoms. The molecule has 0 fully saturated rings. The minimum atomic E-state index is 0. The monoisotopic (exact) mass is 436 g/mol. The van der Waals surface area contributed by atoms with Crippen LogP contribution in [0, 0.1) is 119 Å². The molecule has 4 heavy (non-hydrogen) atoms. The first-order valence-electron chi connectivity index (χ1n) is 0. The van der Waals surface area contributed by atoms with E-state index in [0.29, 0.717) is 0 Å². The molecule has 0 amide bonds. The van der Waals surface area contributed by atoms with Crippen molar-refractivity contribution in [3.63, 3.8) is 0 Å². The average Bonchev–Trinajstić information content (AvgIpc) is 0. The minimum absolute atomic E-state index is 0. The summed E-state index contributed by atoms with van der Waals surface area (Å²) in [7, 11) is 0. The zero-order chi connectivity index (χ0) is 0. The Bertz CT molecular complexity index is 8.00. The largest absolute Gasteiger partial charge is 3.00 e. The van der Waals surface area contributed by atoms with Crippen LogP contribution in [0.4, 0.5) is 0 Å². The van der Waals surface area contributed by atoms with Gasteiger partial charge in [0.2, 0.25) is 0 Å². The van der Waals surface area contributed by atoms with Crippen LogP contribution < -0.4 is 0 Å². The molecule has 0 aromatic heterocycles. The standard InChI is InChI=1S/Ce.La.O.Pr/q2*+3;-2;+3. The average molecular weight is 436 g/mol. The van der Waals surface area contributed by atoms with Crippen LogP contribution in [-0.4, -0.2) is 0 Å². The summed E-state index contributed by atoms with van der Waals surface area (Å²) < 4.78 is 0. The van der Waals surface area contributed by atoms with Crippen LogP contribution in [0.1, 0.15) is 0 Å². The van der Waals surface area contributed by atoms with Crippen molar-refractivity contribution in [3.05, 3.63) is 0 Å². The second kappa shape index (κ2) is 15.8. The minimum Gasteiger partial charge on any atom is -2.00 e. The molecule has 0 aromatic rings. The van der Waals surface area contributed by atoms with Gasteiger partial charge in [0.05, 0.1) is 0 Å². The molecule has 9 valence electrons. The smallest absolute Gasteiger partial charge is 2.00 e. The van der Waals surface area contributed by atoms with E-state index in [1.165, 1.54) is 0 Å². The predicted molar refractivity (Wildman–Crippen MR) is 0.686 cm³/mol. The van der Waals surface area contributed by atoms with Crippen LogP contribution in [0.2, 0.25) is 0 Å². The number of rotatable bonds is 0. The first-order valence-corrected chi connectivity index (χ1v) is 0. The molecule has 0 spiro atoms. The number of hydrogen-bond acceptors (Lipinski definition) is 0. The van der Waals surface area contributed by atoms with Crippen LogP contribution in [0.15, 0.2) is 0 Å². The fourth-order valence-corrected chi connectivity index (χ4v) is 0. The van der Waals surface area contributed by atoms with Crippen molar-refractivity contribution in [1.29, 1.82) is 0 Å². The van der Waals surface area contributed by atoms with Gasteiger partial charge < -0.3 is 5.48 Å². The molecule has 0 aromatic carbocycles. The van der Waals surface area contributed by atoms with E-state index in [1.807, 2.05) is 0 Å². The summed E-state index contributed by atoms with van der Waals surface area (Å²) in [6.07, 6.45) is 0. The third-order valence-electron chi connectivity index (χ3n) is 0. The zero-order valence-electron chi connectivity index (χ0n) is 2.06. The van der Waals surface area contributed by atoms with Crippen molar-refractivity contribution >= 4 is 0 Å². The molecular formula is CeLaOPr+7. The van der Waals surface area contributed by atoms with Gasteiger partial charge in [0.1, 0.15) is 0 Å². The fraction of sp³-hybridized carbons (Fsp3) is 0. The first-order chi connectivity index (χ1) is 0. The molecule has 0 aliphatic rings. The Morgan fingerprint density at radius 2 is 1.00 bits per heavy atom. The predicted octanol–water partition coefficient (Wildman–Crippen LogP) is -0.119. The van der Waals surface area contributed by atoms with E-state index in [1.54, 1.807) is 0 Å². The van der Waals surface area contributed by atoms with Crippen LogP contribution in [0.25, 0.3) is 0 Å². The van der Waals surface area contributed by atoms with Gasteiger partial charge in [-0.3, -0.25) is 0 Å². The molecule has 0 saturated heterocycles. The molecule has 0 aliphatic carbocycles. The molecule has 0 N–H and O–H groups in total. The molecular weight excluding hydrogens is 436 g/mol. The van der Waals surface area contributed by atoms with Crippen LogP contribution in [0.5, 0.6) is 0 Å². The van der Waals surface area contributed by atoms with E-state index in [2.05, 4.69) is 0 Å². The maximum atomic E-state index is 0. The van der Waals surface area contributed by atoms with E-state index in [4.69, 9.17) is 0 Å². The van der Waals surface area contributed by atoms with E-state index in [9.17, 15) is 0 Å². The van der Waals surface area contributed by atoms with Gasteiger partial charge in [-0.05, 0) is 0 Å². The third kappa shape index (κ3) is 9.31. The van der Waals surface area contributed by atoms with Gasteiger partial charge >= 0.3 is 119 Å². The molecule has 0 atom stereocenters. The Morgan fingerprint density at radius 3 is 1.00 bits per heavy atom. The van der Waals surface area contributed by atoms with Crippen molar-refractivity contribution in [2.75, 3.05) is 0 Å². The van der Waals surface area contributed by atoms with E-state index in [-0.39, 0.29) is 124 Å². The molecule has 4 heteroatoms. The van der Waals surface area contributed by atoms with Crippen molar-refractivity contribution in [1.82, 2.24) is 0 Å². The second-order valence-corrected chi connectivity index (χ2v) is 0.